The number of carbonyl (C=O) groups is 2. The average Bonchev–Trinajstić information content (AvgIpc) is 2.90. The van der Waals surface area contributed by atoms with Gasteiger partial charge in [-0.3, -0.25) is 29.8 Å². The molecule has 0 radical (unpaired) electrons. The Labute approximate surface area is 149 Å². The molecule has 1 aromatic carbocycles. The summed E-state index contributed by atoms with van der Waals surface area (Å²) in [6, 6.07) is 2.34. The van der Waals surface area contributed by atoms with Crippen molar-refractivity contribution in [3.8, 4) is 10.4 Å². The summed E-state index contributed by atoms with van der Waals surface area (Å²) in [6.07, 6.45) is 0.739. The average molecular weight is 376 g/mol. The minimum atomic E-state index is -0.815. The van der Waals surface area contributed by atoms with E-state index in [2.05, 4.69) is 5.32 Å². The van der Waals surface area contributed by atoms with Gasteiger partial charge in [0.15, 0.2) is 0 Å². The lowest BCUT2D eigenvalue weighted by molar-refractivity contribution is -0.422. The van der Waals surface area contributed by atoms with E-state index in [4.69, 9.17) is 5.73 Å². The minimum Gasteiger partial charge on any atom is -0.365 e. The monoisotopic (exact) mass is 376 g/mol. The maximum Gasteiger partial charge on any atom is 0.346 e. The Balaban J connectivity index is 2.27. The lowest BCUT2D eigenvalue weighted by Gasteiger charge is -2.16. The fraction of sp³-hybridized carbons (Fsp3) is 0.200. The van der Waals surface area contributed by atoms with Crippen LogP contribution in [0.4, 0.5) is 16.4 Å². The third kappa shape index (κ3) is 2.77. The number of nitrogens with one attached hydrogen (secondary N) is 1. The van der Waals surface area contributed by atoms with Gasteiger partial charge in [0.1, 0.15) is 5.00 Å². The molecule has 11 heteroatoms. The first-order chi connectivity index (χ1) is 12.2. The van der Waals surface area contributed by atoms with Crippen molar-refractivity contribution in [3.05, 3.63) is 49.1 Å². The molecule has 0 aliphatic heterocycles. The van der Waals surface area contributed by atoms with Crippen LogP contribution in [0.3, 0.4) is 0 Å². The third-order valence-electron chi connectivity index (χ3n) is 4.03. The highest BCUT2D eigenvalue weighted by Crippen LogP contribution is 2.47. The number of primary amides is 1. The van der Waals surface area contributed by atoms with Crippen molar-refractivity contribution in [1.82, 2.24) is 0 Å². The number of benzene rings is 1. The Morgan fingerprint density at radius 3 is 2.31 bits per heavy atom. The van der Waals surface area contributed by atoms with Crippen molar-refractivity contribution in [2.75, 3.05) is 5.32 Å². The third-order valence-corrected chi connectivity index (χ3v) is 5.21. The van der Waals surface area contributed by atoms with Crippen LogP contribution in [0.25, 0.3) is 10.4 Å². The Kier molecular flexibility index (Phi) is 4.16. The highest BCUT2D eigenvalue weighted by molar-refractivity contribution is 7.20. The summed E-state index contributed by atoms with van der Waals surface area (Å²) in [5.74, 6) is -1.10. The van der Waals surface area contributed by atoms with Gasteiger partial charge in [0.25, 0.3) is 5.91 Å². The maximum atomic E-state index is 11.8. The number of carbonyl (C=O) groups excluding carboxylic acids is 2. The quantitative estimate of drug-likeness (QED) is 0.615. The van der Waals surface area contributed by atoms with Gasteiger partial charge >= 0.3 is 11.4 Å². The second-order valence-corrected chi connectivity index (χ2v) is 6.69. The molecule has 0 unspecified atom stereocenters. The second-order valence-electron chi connectivity index (χ2n) is 5.67. The predicted octanol–water partition coefficient (Wildman–Crippen LogP) is 2.39. The highest BCUT2D eigenvalue weighted by atomic mass is 32.1. The molecule has 2 amide bonds. The number of thiophene rings is 1. The molecule has 0 atom stereocenters. The van der Waals surface area contributed by atoms with Crippen molar-refractivity contribution in [2.45, 2.75) is 19.8 Å². The van der Waals surface area contributed by atoms with Crippen molar-refractivity contribution in [1.29, 1.82) is 0 Å². The molecule has 0 spiro atoms. The van der Waals surface area contributed by atoms with Gasteiger partial charge < -0.3 is 11.1 Å². The van der Waals surface area contributed by atoms with Gasteiger partial charge in [0.05, 0.1) is 15.4 Å². The minimum absolute atomic E-state index is 0.173. The first kappa shape index (κ1) is 17.5. The standard InChI is InChI=1S/C15H12N4O6S/c1-6(20)17-15-12(14(16)21)8-3-2-7-4-10(18(22)23)11(19(24)25)5-9(7)13(8)26-15/h4-5H,2-3H2,1H3,(H2,16,21)(H,17,20). The number of nitro benzene ring substituents is 2. The van der Waals surface area contributed by atoms with Gasteiger partial charge in [-0.25, -0.2) is 0 Å². The smallest absolute Gasteiger partial charge is 0.346 e. The highest BCUT2D eigenvalue weighted by Gasteiger charge is 2.33. The van der Waals surface area contributed by atoms with E-state index in [0.29, 0.717) is 34.4 Å². The molecule has 1 heterocycles. The van der Waals surface area contributed by atoms with E-state index in [1.165, 1.54) is 13.0 Å². The molecular weight excluding hydrogens is 364 g/mol. The number of amides is 2. The zero-order valence-corrected chi connectivity index (χ0v) is 14.2. The zero-order chi connectivity index (χ0) is 19.2. The number of fused-ring (bicyclic) bond motifs is 3. The van der Waals surface area contributed by atoms with Crippen LogP contribution in [-0.4, -0.2) is 21.7 Å². The van der Waals surface area contributed by atoms with E-state index >= 15 is 0 Å². The molecule has 10 nitrogen and oxygen atoms in total. The molecular formula is C15H12N4O6S. The number of anilines is 1. The van der Waals surface area contributed by atoms with E-state index in [9.17, 15) is 29.8 Å². The molecule has 0 saturated heterocycles. The van der Waals surface area contributed by atoms with Crippen LogP contribution < -0.4 is 11.1 Å². The van der Waals surface area contributed by atoms with E-state index < -0.39 is 27.1 Å². The van der Waals surface area contributed by atoms with Crippen LogP contribution in [0.5, 0.6) is 0 Å². The fourth-order valence-electron chi connectivity index (χ4n) is 3.02. The van der Waals surface area contributed by atoms with Crippen molar-refractivity contribution < 1.29 is 19.4 Å². The number of aryl methyl sites for hydroxylation is 1. The van der Waals surface area contributed by atoms with Crippen molar-refractivity contribution in [3.63, 3.8) is 0 Å². The van der Waals surface area contributed by atoms with Crippen LogP contribution in [-0.2, 0) is 17.6 Å². The molecule has 1 aliphatic rings. The maximum absolute atomic E-state index is 11.8. The van der Waals surface area contributed by atoms with Crippen molar-refractivity contribution in [2.24, 2.45) is 5.73 Å². The number of nitrogens with two attached hydrogens (primary N) is 1. The van der Waals surface area contributed by atoms with E-state index in [1.807, 2.05) is 0 Å². The van der Waals surface area contributed by atoms with Gasteiger partial charge in [0, 0.05) is 29.5 Å². The fourth-order valence-corrected chi connectivity index (χ4v) is 4.37. The van der Waals surface area contributed by atoms with Crippen LogP contribution in [0.2, 0.25) is 0 Å². The van der Waals surface area contributed by atoms with Crippen LogP contribution in [0.1, 0.15) is 28.4 Å². The summed E-state index contributed by atoms with van der Waals surface area (Å²) in [7, 11) is 0. The molecule has 2 aromatic rings. The summed E-state index contributed by atoms with van der Waals surface area (Å²) < 4.78 is 0. The number of rotatable bonds is 4. The van der Waals surface area contributed by atoms with E-state index in [0.717, 1.165) is 17.4 Å². The molecule has 134 valence electrons. The second kappa shape index (κ2) is 6.19. The van der Waals surface area contributed by atoms with E-state index in [1.54, 1.807) is 0 Å². The Hall–Kier alpha value is -3.34. The molecule has 1 aromatic heterocycles. The van der Waals surface area contributed by atoms with E-state index in [-0.39, 0.29) is 16.5 Å². The van der Waals surface area contributed by atoms with Crippen LogP contribution >= 0.6 is 11.3 Å². The van der Waals surface area contributed by atoms with Crippen LogP contribution in [0, 0.1) is 20.2 Å². The normalized spacial score (nSPS) is 12.0. The van der Waals surface area contributed by atoms with Crippen molar-refractivity contribution >= 4 is 39.5 Å². The molecule has 26 heavy (non-hydrogen) atoms. The first-order valence-electron chi connectivity index (χ1n) is 7.39. The zero-order valence-electron chi connectivity index (χ0n) is 13.4. The van der Waals surface area contributed by atoms with Gasteiger partial charge in [-0.1, -0.05) is 0 Å². The summed E-state index contributed by atoms with van der Waals surface area (Å²) in [6.45, 7) is 1.28. The van der Waals surface area contributed by atoms with Crippen LogP contribution in [0.15, 0.2) is 12.1 Å². The largest absolute Gasteiger partial charge is 0.365 e. The lowest BCUT2D eigenvalue weighted by Crippen LogP contribution is -2.17. The number of nitrogens with zero attached hydrogens (tertiary/aromatic N) is 2. The molecule has 0 bridgehead atoms. The van der Waals surface area contributed by atoms with Gasteiger partial charge in [-0.2, -0.15) is 0 Å². The molecule has 3 N–H and O–H groups in total. The molecule has 0 saturated carbocycles. The SMILES string of the molecule is CC(=O)Nc1sc2c(c1C(N)=O)CCc1cc([N+](=O)[O-])c([N+](=O)[O-])cc1-2. The summed E-state index contributed by atoms with van der Waals surface area (Å²) >= 11 is 1.07. The van der Waals surface area contributed by atoms with Gasteiger partial charge in [0.2, 0.25) is 5.91 Å². The Morgan fingerprint density at radius 1 is 1.15 bits per heavy atom. The molecule has 0 fully saturated rings. The number of hydrogen-bond acceptors (Lipinski definition) is 7. The van der Waals surface area contributed by atoms with Gasteiger partial charge in [-0.15, -0.1) is 11.3 Å². The summed E-state index contributed by atoms with van der Waals surface area (Å²) in [4.78, 5) is 44.5. The van der Waals surface area contributed by atoms with Gasteiger partial charge in [-0.05, 0) is 24.0 Å². The molecule has 1 aliphatic carbocycles. The summed E-state index contributed by atoms with van der Waals surface area (Å²) in [5.41, 5.74) is 6.00. The number of hydrogen-bond donors (Lipinski definition) is 2. The Morgan fingerprint density at radius 2 is 1.77 bits per heavy atom. The first-order valence-corrected chi connectivity index (χ1v) is 8.21. The molecule has 3 rings (SSSR count). The number of nitro groups is 2. The Bertz CT molecular complexity index is 997. The lowest BCUT2D eigenvalue weighted by atomic mass is 9.88. The predicted molar refractivity (Wildman–Crippen MR) is 93.3 cm³/mol. The topological polar surface area (TPSA) is 158 Å². The summed E-state index contributed by atoms with van der Waals surface area (Å²) in [5, 5.41) is 25.2.